The monoisotopic (exact) mass is 263 g/mol. The molecule has 108 valence electrons. The van der Waals surface area contributed by atoms with Gasteiger partial charge in [0.05, 0.1) is 0 Å². The van der Waals surface area contributed by atoms with Gasteiger partial charge in [0.15, 0.2) is 0 Å². The molecule has 1 saturated heterocycles. The fraction of sp³-hybridized carbons (Fsp3) is 0.812. The Labute approximate surface area is 118 Å². The molecule has 0 amide bonds. The minimum Gasteiger partial charge on any atom is -0.315 e. The molecule has 19 heavy (non-hydrogen) atoms. The molecule has 1 fully saturated rings. The van der Waals surface area contributed by atoms with Crippen molar-refractivity contribution in [2.45, 2.75) is 58.2 Å². The number of likely N-dealkylation sites (tertiary alicyclic amines) is 1. The third-order valence-corrected chi connectivity index (χ3v) is 4.53. The van der Waals surface area contributed by atoms with Crippen molar-refractivity contribution in [2.24, 2.45) is 10.9 Å². The summed E-state index contributed by atoms with van der Waals surface area (Å²) in [4.78, 5) is 7.27. The lowest BCUT2D eigenvalue weighted by atomic mass is 9.91. The molecule has 0 radical (unpaired) electrons. The Hall–Kier alpha value is -0.670. The van der Waals surface area contributed by atoms with Crippen LogP contribution in [0.4, 0.5) is 0 Å². The number of nitrogens with zero attached hydrogens (tertiary/aromatic N) is 2. The minimum atomic E-state index is -0.0127. The zero-order chi connectivity index (χ0) is 13.7. The molecule has 1 atom stereocenters. The highest BCUT2D eigenvalue weighted by Crippen LogP contribution is 2.31. The van der Waals surface area contributed by atoms with Crippen molar-refractivity contribution in [3.8, 4) is 0 Å². The Morgan fingerprint density at radius 1 is 1.37 bits per heavy atom. The van der Waals surface area contributed by atoms with E-state index in [1.165, 1.54) is 38.9 Å². The number of piperidine rings is 1. The quantitative estimate of drug-likeness (QED) is 0.798. The van der Waals surface area contributed by atoms with Crippen LogP contribution in [0.15, 0.2) is 17.1 Å². The van der Waals surface area contributed by atoms with E-state index in [1.807, 2.05) is 6.21 Å². The summed E-state index contributed by atoms with van der Waals surface area (Å²) in [5, 5.41) is 3.53. The highest BCUT2D eigenvalue weighted by Gasteiger charge is 2.35. The summed E-state index contributed by atoms with van der Waals surface area (Å²) >= 11 is 0. The smallest absolute Gasteiger partial charge is 0.131 e. The van der Waals surface area contributed by atoms with E-state index >= 15 is 0 Å². The lowest BCUT2D eigenvalue weighted by Crippen LogP contribution is -2.48. The molecule has 3 nitrogen and oxygen atoms in total. The van der Waals surface area contributed by atoms with Crippen LogP contribution in [0.3, 0.4) is 0 Å². The molecule has 2 aliphatic heterocycles. The first-order valence-corrected chi connectivity index (χ1v) is 7.88. The topological polar surface area (TPSA) is 27.6 Å². The van der Waals surface area contributed by atoms with E-state index in [2.05, 4.69) is 43.1 Å². The molecule has 0 spiro atoms. The second-order valence-electron chi connectivity index (χ2n) is 6.20. The van der Waals surface area contributed by atoms with Gasteiger partial charge in [-0.1, -0.05) is 20.8 Å². The Morgan fingerprint density at radius 2 is 2.11 bits per heavy atom. The molecule has 0 bridgehead atoms. The molecule has 0 aromatic rings. The highest BCUT2D eigenvalue weighted by molar-refractivity contribution is 5.75. The molecule has 0 aromatic heterocycles. The minimum absolute atomic E-state index is 0.0127. The van der Waals surface area contributed by atoms with Gasteiger partial charge in [-0.3, -0.25) is 9.89 Å². The summed E-state index contributed by atoms with van der Waals surface area (Å²) in [5.41, 5.74) is -0.0127. The van der Waals surface area contributed by atoms with E-state index in [0.717, 1.165) is 12.3 Å². The average molecular weight is 263 g/mol. The third-order valence-electron chi connectivity index (χ3n) is 4.53. The zero-order valence-corrected chi connectivity index (χ0v) is 12.7. The molecule has 1 unspecified atom stereocenters. The summed E-state index contributed by atoms with van der Waals surface area (Å²) in [6.07, 6.45) is 11.4. The van der Waals surface area contributed by atoms with E-state index in [9.17, 15) is 0 Å². The van der Waals surface area contributed by atoms with Crippen LogP contribution in [0.25, 0.3) is 0 Å². The number of hydrogen-bond donors (Lipinski definition) is 1. The van der Waals surface area contributed by atoms with Crippen molar-refractivity contribution < 1.29 is 0 Å². The highest BCUT2D eigenvalue weighted by atomic mass is 15.3. The Kier molecular flexibility index (Phi) is 5.17. The van der Waals surface area contributed by atoms with Gasteiger partial charge in [0.25, 0.3) is 0 Å². The van der Waals surface area contributed by atoms with Crippen LogP contribution in [-0.2, 0) is 0 Å². The van der Waals surface area contributed by atoms with E-state index in [4.69, 9.17) is 4.99 Å². The van der Waals surface area contributed by atoms with E-state index < -0.39 is 0 Å². The summed E-state index contributed by atoms with van der Waals surface area (Å²) in [6.45, 7) is 10.2. The van der Waals surface area contributed by atoms with Crippen LogP contribution in [0.1, 0.15) is 46.5 Å². The van der Waals surface area contributed by atoms with Gasteiger partial charge >= 0.3 is 0 Å². The maximum absolute atomic E-state index is 4.70. The zero-order valence-electron chi connectivity index (χ0n) is 12.7. The van der Waals surface area contributed by atoms with Crippen LogP contribution < -0.4 is 5.32 Å². The van der Waals surface area contributed by atoms with Gasteiger partial charge in [-0.25, -0.2) is 0 Å². The second-order valence-corrected chi connectivity index (χ2v) is 6.20. The van der Waals surface area contributed by atoms with Crippen molar-refractivity contribution >= 4 is 6.21 Å². The first-order chi connectivity index (χ1) is 9.16. The molecule has 1 N–H and O–H groups in total. The summed E-state index contributed by atoms with van der Waals surface area (Å²) in [6, 6.07) is 0.612. The van der Waals surface area contributed by atoms with Gasteiger partial charge in [0.1, 0.15) is 5.66 Å². The van der Waals surface area contributed by atoms with Gasteiger partial charge in [0, 0.05) is 25.3 Å². The molecule has 0 aliphatic carbocycles. The number of allylic oxidation sites excluding steroid dienone is 1. The lowest BCUT2D eigenvalue weighted by molar-refractivity contribution is 0.0848. The molecular weight excluding hydrogens is 234 g/mol. The standard InChI is InChI=1S/C16H29N3/c1-4-16(9-5-10-18-16)19-12-7-15(8-13-19)6-11-17-14(2)3/h5,9-10,14-15,17H,4,6-8,11-13H2,1-3H3. The van der Waals surface area contributed by atoms with Crippen molar-refractivity contribution in [2.75, 3.05) is 19.6 Å². The van der Waals surface area contributed by atoms with Crippen LogP contribution in [0.2, 0.25) is 0 Å². The largest absolute Gasteiger partial charge is 0.315 e. The number of rotatable bonds is 6. The van der Waals surface area contributed by atoms with Crippen LogP contribution >= 0.6 is 0 Å². The van der Waals surface area contributed by atoms with Crippen molar-refractivity contribution in [1.82, 2.24) is 10.2 Å². The number of aliphatic imine (C=N–C) groups is 1. The SMILES string of the molecule is CCC1(N2CCC(CCNC(C)C)CC2)C=CC=N1. The van der Waals surface area contributed by atoms with Crippen molar-refractivity contribution in [3.63, 3.8) is 0 Å². The van der Waals surface area contributed by atoms with Gasteiger partial charge in [-0.2, -0.15) is 0 Å². The summed E-state index contributed by atoms with van der Waals surface area (Å²) in [5.74, 6) is 0.894. The molecule has 3 heteroatoms. The fourth-order valence-corrected chi connectivity index (χ4v) is 3.22. The maximum atomic E-state index is 4.70. The van der Waals surface area contributed by atoms with Crippen molar-refractivity contribution in [3.05, 3.63) is 12.2 Å². The Morgan fingerprint density at radius 3 is 2.63 bits per heavy atom. The molecule has 2 aliphatic rings. The lowest BCUT2D eigenvalue weighted by Gasteiger charge is -2.41. The average Bonchev–Trinajstić information content (AvgIpc) is 2.89. The predicted molar refractivity (Wildman–Crippen MR) is 82.7 cm³/mol. The van der Waals surface area contributed by atoms with Gasteiger partial charge < -0.3 is 5.32 Å². The molecule has 0 saturated carbocycles. The van der Waals surface area contributed by atoms with Crippen molar-refractivity contribution in [1.29, 1.82) is 0 Å². The first kappa shape index (κ1) is 14.7. The molecule has 0 aromatic carbocycles. The normalized spacial score (nSPS) is 28.6. The van der Waals surface area contributed by atoms with Crippen LogP contribution in [0.5, 0.6) is 0 Å². The predicted octanol–water partition coefficient (Wildman–Crippen LogP) is 2.83. The number of hydrogen-bond acceptors (Lipinski definition) is 3. The summed E-state index contributed by atoms with van der Waals surface area (Å²) < 4.78 is 0. The second kappa shape index (κ2) is 6.67. The van der Waals surface area contributed by atoms with E-state index in [0.29, 0.717) is 6.04 Å². The van der Waals surface area contributed by atoms with Gasteiger partial charge in [-0.05, 0) is 50.3 Å². The van der Waals surface area contributed by atoms with E-state index in [-0.39, 0.29) is 5.66 Å². The summed E-state index contributed by atoms with van der Waals surface area (Å²) in [7, 11) is 0. The molecule has 2 heterocycles. The number of nitrogens with one attached hydrogen (secondary N) is 1. The Balaban J connectivity index is 1.76. The maximum Gasteiger partial charge on any atom is 0.131 e. The Bertz CT molecular complexity index is 313. The van der Waals surface area contributed by atoms with Crippen LogP contribution in [0, 0.1) is 5.92 Å². The fourth-order valence-electron chi connectivity index (χ4n) is 3.22. The van der Waals surface area contributed by atoms with Gasteiger partial charge in [-0.15, -0.1) is 0 Å². The third kappa shape index (κ3) is 3.67. The van der Waals surface area contributed by atoms with Crippen LogP contribution in [-0.4, -0.2) is 42.5 Å². The van der Waals surface area contributed by atoms with Gasteiger partial charge in [0.2, 0.25) is 0 Å². The van der Waals surface area contributed by atoms with E-state index in [1.54, 1.807) is 0 Å². The first-order valence-electron chi connectivity index (χ1n) is 7.88. The molecule has 2 rings (SSSR count). The molecular formula is C16H29N3.